The number of rotatable bonds is 4. The molecule has 1 aliphatic carbocycles. The second-order valence-corrected chi connectivity index (χ2v) is 6.09. The Morgan fingerprint density at radius 1 is 1.21 bits per heavy atom. The molecular formula is C16H17NOS. The summed E-state index contributed by atoms with van der Waals surface area (Å²) in [4.78, 5) is 13.2. The van der Waals surface area contributed by atoms with E-state index in [4.69, 9.17) is 5.73 Å². The maximum atomic E-state index is 12.3. The van der Waals surface area contributed by atoms with Crippen molar-refractivity contribution in [2.24, 2.45) is 5.73 Å². The van der Waals surface area contributed by atoms with Crippen molar-refractivity contribution in [2.75, 3.05) is 0 Å². The number of Topliss-reactive ketones (excluding diaryl/α,β-unsaturated/α-hetero) is 1. The molecule has 0 radical (unpaired) electrons. The summed E-state index contributed by atoms with van der Waals surface area (Å²) < 4.78 is 0. The molecule has 1 saturated carbocycles. The molecule has 1 atom stereocenters. The highest BCUT2D eigenvalue weighted by molar-refractivity contribution is 7.10. The maximum Gasteiger partial charge on any atom is 0.184 e. The van der Waals surface area contributed by atoms with Crippen LogP contribution in [0.4, 0.5) is 0 Å². The first-order valence-corrected chi connectivity index (χ1v) is 7.57. The van der Waals surface area contributed by atoms with Gasteiger partial charge in [-0.3, -0.25) is 4.79 Å². The number of carbonyl (C=O) groups is 1. The predicted molar refractivity (Wildman–Crippen MR) is 78.6 cm³/mol. The Morgan fingerprint density at radius 3 is 2.47 bits per heavy atom. The fourth-order valence-electron chi connectivity index (χ4n) is 2.44. The summed E-state index contributed by atoms with van der Waals surface area (Å²) >= 11 is 1.53. The van der Waals surface area contributed by atoms with E-state index in [0.717, 1.165) is 4.88 Å². The highest BCUT2D eigenvalue weighted by Crippen LogP contribution is 2.36. The number of thiophene rings is 1. The lowest BCUT2D eigenvalue weighted by molar-refractivity contribution is 0.0962. The van der Waals surface area contributed by atoms with Crippen LogP contribution in [0.3, 0.4) is 0 Å². The molecule has 2 N–H and O–H groups in total. The molecule has 1 unspecified atom stereocenters. The number of hydrogen-bond acceptors (Lipinski definition) is 3. The van der Waals surface area contributed by atoms with Gasteiger partial charge in [-0.2, -0.15) is 0 Å². The van der Waals surface area contributed by atoms with Crippen LogP contribution < -0.4 is 5.73 Å². The molecule has 0 amide bonds. The smallest absolute Gasteiger partial charge is 0.184 e. The second kappa shape index (κ2) is 5.27. The van der Waals surface area contributed by atoms with Gasteiger partial charge in [0.2, 0.25) is 0 Å². The first-order valence-electron chi connectivity index (χ1n) is 6.69. The molecule has 19 heavy (non-hydrogen) atoms. The quantitative estimate of drug-likeness (QED) is 0.857. The van der Waals surface area contributed by atoms with E-state index >= 15 is 0 Å². The van der Waals surface area contributed by atoms with Gasteiger partial charge in [-0.25, -0.2) is 0 Å². The second-order valence-electron chi connectivity index (χ2n) is 5.11. The lowest BCUT2D eigenvalue weighted by atomic mass is 9.80. The number of ketones is 1. The molecule has 1 aromatic carbocycles. The number of hydrogen-bond donors (Lipinski definition) is 1. The zero-order valence-corrected chi connectivity index (χ0v) is 11.5. The van der Waals surface area contributed by atoms with Crippen LogP contribution in [0.5, 0.6) is 0 Å². The molecule has 0 spiro atoms. The third-order valence-corrected chi connectivity index (χ3v) is 4.86. The molecule has 1 heterocycles. The van der Waals surface area contributed by atoms with Crippen LogP contribution in [-0.2, 0) is 0 Å². The van der Waals surface area contributed by atoms with Crippen molar-refractivity contribution in [2.45, 2.75) is 31.2 Å². The van der Waals surface area contributed by atoms with E-state index in [9.17, 15) is 4.79 Å². The summed E-state index contributed by atoms with van der Waals surface area (Å²) in [6, 6.07) is 11.3. The molecule has 1 fully saturated rings. The number of carbonyl (C=O) groups excluding carboxylic acids is 1. The third-order valence-electron chi connectivity index (χ3n) is 3.90. The van der Waals surface area contributed by atoms with Gasteiger partial charge in [-0.15, -0.1) is 11.3 Å². The Morgan fingerprint density at radius 2 is 1.95 bits per heavy atom. The fourth-order valence-corrected chi connectivity index (χ4v) is 3.16. The van der Waals surface area contributed by atoms with Crippen molar-refractivity contribution in [3.63, 3.8) is 0 Å². The molecule has 1 aromatic heterocycles. The summed E-state index contributed by atoms with van der Waals surface area (Å²) in [7, 11) is 0. The first-order chi connectivity index (χ1) is 9.25. The van der Waals surface area contributed by atoms with Gasteiger partial charge >= 0.3 is 0 Å². The molecule has 1 aliphatic rings. The van der Waals surface area contributed by atoms with Gasteiger partial charge in [0.05, 0.1) is 0 Å². The Bertz CT molecular complexity index is 555. The maximum absolute atomic E-state index is 12.3. The van der Waals surface area contributed by atoms with Crippen molar-refractivity contribution < 1.29 is 4.79 Å². The Labute approximate surface area is 117 Å². The molecule has 2 aromatic rings. The minimum absolute atomic E-state index is 0.00242. The van der Waals surface area contributed by atoms with Crippen molar-refractivity contribution in [3.05, 3.63) is 57.8 Å². The van der Waals surface area contributed by atoms with E-state index in [1.165, 1.54) is 36.2 Å². The standard InChI is InChI=1S/C16H17NOS/c17-15(14-5-2-10-19-14)16(18)13-8-6-12(7-9-13)11-3-1-4-11/h2,5-11,15H,1,3-4,17H2. The summed E-state index contributed by atoms with van der Waals surface area (Å²) in [6.45, 7) is 0. The van der Waals surface area contributed by atoms with Crippen molar-refractivity contribution >= 4 is 17.1 Å². The summed E-state index contributed by atoms with van der Waals surface area (Å²) in [6.07, 6.45) is 3.89. The van der Waals surface area contributed by atoms with E-state index < -0.39 is 6.04 Å². The van der Waals surface area contributed by atoms with Gasteiger partial charge < -0.3 is 5.73 Å². The lowest BCUT2D eigenvalue weighted by Gasteiger charge is -2.25. The van der Waals surface area contributed by atoms with Gasteiger partial charge in [-0.05, 0) is 35.8 Å². The lowest BCUT2D eigenvalue weighted by Crippen LogP contribution is -2.20. The van der Waals surface area contributed by atoms with Gasteiger partial charge in [-0.1, -0.05) is 36.8 Å². The molecule has 98 valence electrons. The van der Waals surface area contributed by atoms with E-state index in [0.29, 0.717) is 11.5 Å². The van der Waals surface area contributed by atoms with Gasteiger partial charge in [0, 0.05) is 10.4 Å². The zero-order chi connectivity index (χ0) is 13.2. The van der Waals surface area contributed by atoms with Crippen LogP contribution in [0, 0.1) is 0 Å². The number of benzene rings is 1. The summed E-state index contributed by atoms with van der Waals surface area (Å²) in [5, 5.41) is 1.95. The molecule has 0 bridgehead atoms. The predicted octanol–water partition coefficient (Wildman–Crippen LogP) is 3.90. The monoisotopic (exact) mass is 271 g/mol. The van der Waals surface area contributed by atoms with Crippen LogP contribution in [0.15, 0.2) is 41.8 Å². The molecule has 3 rings (SSSR count). The Kier molecular flexibility index (Phi) is 3.49. The van der Waals surface area contributed by atoms with Crippen molar-refractivity contribution in [3.8, 4) is 0 Å². The van der Waals surface area contributed by atoms with Crippen LogP contribution in [0.2, 0.25) is 0 Å². The van der Waals surface area contributed by atoms with Gasteiger partial charge in [0.1, 0.15) is 6.04 Å². The fraction of sp³-hybridized carbons (Fsp3) is 0.312. The van der Waals surface area contributed by atoms with Crippen molar-refractivity contribution in [1.29, 1.82) is 0 Å². The van der Waals surface area contributed by atoms with Crippen LogP contribution >= 0.6 is 11.3 Å². The normalized spacial score (nSPS) is 16.9. The van der Waals surface area contributed by atoms with Crippen LogP contribution in [0.25, 0.3) is 0 Å². The molecule has 2 nitrogen and oxygen atoms in total. The largest absolute Gasteiger partial charge is 0.317 e. The molecule has 3 heteroatoms. The average Bonchev–Trinajstić information content (AvgIpc) is 2.90. The number of nitrogens with two attached hydrogens (primary N) is 1. The first kappa shape index (κ1) is 12.6. The minimum Gasteiger partial charge on any atom is -0.317 e. The topological polar surface area (TPSA) is 43.1 Å². The van der Waals surface area contributed by atoms with Crippen molar-refractivity contribution in [1.82, 2.24) is 0 Å². The highest BCUT2D eigenvalue weighted by atomic mass is 32.1. The summed E-state index contributed by atoms with van der Waals surface area (Å²) in [5.74, 6) is 0.706. The summed E-state index contributed by atoms with van der Waals surface area (Å²) in [5.41, 5.74) is 8.08. The highest BCUT2D eigenvalue weighted by Gasteiger charge is 2.21. The molecule has 0 aliphatic heterocycles. The Balaban J connectivity index is 1.76. The molecule has 0 saturated heterocycles. The van der Waals surface area contributed by atoms with E-state index in [-0.39, 0.29) is 5.78 Å². The van der Waals surface area contributed by atoms with E-state index in [2.05, 4.69) is 12.1 Å². The SMILES string of the molecule is NC(C(=O)c1ccc(C2CCC2)cc1)c1cccs1. The zero-order valence-electron chi connectivity index (χ0n) is 10.7. The van der Waals surface area contributed by atoms with Crippen LogP contribution in [-0.4, -0.2) is 5.78 Å². The van der Waals surface area contributed by atoms with E-state index in [1.54, 1.807) is 0 Å². The molecular weight excluding hydrogens is 254 g/mol. The Hall–Kier alpha value is -1.45. The average molecular weight is 271 g/mol. The minimum atomic E-state index is -0.533. The van der Waals surface area contributed by atoms with E-state index in [1.807, 2.05) is 29.6 Å². The van der Waals surface area contributed by atoms with Crippen LogP contribution in [0.1, 0.15) is 52.0 Å². The van der Waals surface area contributed by atoms with Gasteiger partial charge in [0.15, 0.2) is 5.78 Å². The third kappa shape index (κ3) is 2.48. The van der Waals surface area contributed by atoms with Gasteiger partial charge in [0.25, 0.3) is 0 Å².